The van der Waals surface area contributed by atoms with Gasteiger partial charge in [0.05, 0.1) is 18.3 Å². The smallest absolute Gasteiger partial charge is 0.285 e. The van der Waals surface area contributed by atoms with Gasteiger partial charge in [0.2, 0.25) is 5.03 Å². The van der Waals surface area contributed by atoms with Gasteiger partial charge in [0.15, 0.2) is 5.75 Å². The van der Waals surface area contributed by atoms with E-state index in [1.54, 1.807) is 24.4 Å². The third-order valence-corrected chi connectivity index (χ3v) is 8.23. The topological polar surface area (TPSA) is 120 Å². The molecule has 1 aliphatic rings. The van der Waals surface area contributed by atoms with Crippen molar-refractivity contribution < 1.29 is 22.7 Å². The fourth-order valence-electron chi connectivity index (χ4n) is 4.64. The fourth-order valence-corrected chi connectivity index (χ4v) is 5.72. The zero-order valence-corrected chi connectivity index (χ0v) is 22.2. The first-order valence-corrected chi connectivity index (χ1v) is 13.7. The van der Waals surface area contributed by atoms with E-state index < -0.39 is 15.9 Å². The number of nitrogens with one attached hydrogen (secondary N) is 1. The number of benzene rings is 1. The number of aryl methyl sites for hydroxylation is 1. The van der Waals surface area contributed by atoms with Crippen LogP contribution in [-0.2, 0) is 20.2 Å². The molecule has 4 heterocycles. The zero-order valence-electron chi connectivity index (χ0n) is 21.4. The van der Waals surface area contributed by atoms with Crippen molar-refractivity contribution in [1.82, 2.24) is 19.7 Å². The lowest BCUT2D eigenvalue weighted by Crippen LogP contribution is -2.34. The largest absolute Gasteiger partial charge is 0.494 e. The molecule has 1 fully saturated rings. The molecule has 0 bridgehead atoms. The Hall–Kier alpha value is -3.89. The minimum atomic E-state index is -4.37. The number of sulfonamides is 1. The zero-order chi connectivity index (χ0) is 26.9. The van der Waals surface area contributed by atoms with E-state index in [4.69, 9.17) is 9.47 Å². The minimum absolute atomic E-state index is 0.0335. The number of amides is 1. The average Bonchev–Trinajstić information content (AvgIpc) is 2.93. The monoisotopic (exact) mass is 532 g/mol. The van der Waals surface area contributed by atoms with Gasteiger partial charge in [-0.15, -0.1) is 0 Å². The number of nitrogens with zero attached hydrogens (tertiary/aromatic N) is 3. The fraction of sp³-hybridized carbons (Fsp3) is 0.286. The number of pyridine rings is 3. The van der Waals surface area contributed by atoms with Crippen molar-refractivity contribution in [3.8, 4) is 17.0 Å². The Morgan fingerprint density at radius 1 is 1.03 bits per heavy atom. The summed E-state index contributed by atoms with van der Waals surface area (Å²) in [6, 6.07) is 16.1. The maximum atomic E-state index is 13.4. The number of hydrogen-bond acceptors (Lipinski definition) is 8. The summed E-state index contributed by atoms with van der Waals surface area (Å²) in [7, 11) is -3.01. The number of rotatable bonds is 6. The molecule has 10 heteroatoms. The molecule has 1 saturated heterocycles. The molecule has 3 aromatic heterocycles. The van der Waals surface area contributed by atoms with Gasteiger partial charge in [-0.2, -0.15) is 8.42 Å². The van der Waals surface area contributed by atoms with Crippen LogP contribution in [0.5, 0.6) is 5.75 Å². The molecule has 1 aliphatic heterocycles. The Bertz CT molecular complexity index is 1620. The standard InChI is InChI=1S/C28H28N4O5S/c1-18-7-8-19(21-6-4-5-15-29-21)20-9-10-22(30-25(18)20)26(33)32-38(34,35)27-23(36-3)11-12-24(31-27)28(2)13-16-37-17-14-28/h4-12,15H,13-14,16-17H2,1-3H3,(H,32,33). The Labute approximate surface area is 221 Å². The molecule has 0 spiro atoms. The highest BCUT2D eigenvalue weighted by Gasteiger charge is 2.34. The highest BCUT2D eigenvalue weighted by Crippen LogP contribution is 2.35. The third kappa shape index (κ3) is 4.84. The van der Waals surface area contributed by atoms with Crippen LogP contribution in [0.2, 0.25) is 0 Å². The first-order valence-electron chi connectivity index (χ1n) is 12.2. The van der Waals surface area contributed by atoms with Crippen molar-refractivity contribution >= 4 is 26.8 Å². The normalized spacial score (nSPS) is 15.2. The summed E-state index contributed by atoms with van der Waals surface area (Å²) in [6.07, 6.45) is 3.12. The van der Waals surface area contributed by atoms with Crippen LogP contribution in [0.1, 0.15) is 41.5 Å². The van der Waals surface area contributed by atoms with Crippen LogP contribution in [0, 0.1) is 6.92 Å². The summed E-state index contributed by atoms with van der Waals surface area (Å²) >= 11 is 0. The van der Waals surface area contributed by atoms with Crippen LogP contribution in [0.25, 0.3) is 22.2 Å². The number of methoxy groups -OCH3 is 1. The SMILES string of the molecule is COc1ccc(C2(C)CCOCC2)nc1S(=O)(=O)NC(=O)c1ccc2c(-c3ccccn3)ccc(C)c2n1. The summed E-state index contributed by atoms with van der Waals surface area (Å²) in [6.45, 7) is 5.04. The molecule has 0 aliphatic carbocycles. The second-order valence-corrected chi connectivity index (χ2v) is 11.1. The molecule has 0 saturated carbocycles. The van der Waals surface area contributed by atoms with Crippen molar-refractivity contribution in [2.75, 3.05) is 20.3 Å². The first-order chi connectivity index (χ1) is 18.2. The van der Waals surface area contributed by atoms with Crippen LogP contribution in [0.3, 0.4) is 0 Å². The maximum Gasteiger partial charge on any atom is 0.285 e. The van der Waals surface area contributed by atoms with Crippen LogP contribution in [-0.4, -0.2) is 49.6 Å². The molecule has 196 valence electrons. The van der Waals surface area contributed by atoms with E-state index in [0.717, 1.165) is 22.2 Å². The number of hydrogen-bond donors (Lipinski definition) is 1. The maximum absolute atomic E-state index is 13.4. The van der Waals surface area contributed by atoms with Crippen molar-refractivity contribution in [2.24, 2.45) is 0 Å². The van der Waals surface area contributed by atoms with Gasteiger partial charge in [-0.3, -0.25) is 9.78 Å². The van der Waals surface area contributed by atoms with E-state index >= 15 is 0 Å². The molecular weight excluding hydrogens is 504 g/mol. The lowest BCUT2D eigenvalue weighted by Gasteiger charge is -2.33. The van der Waals surface area contributed by atoms with Crippen LogP contribution >= 0.6 is 0 Å². The molecule has 1 amide bonds. The minimum Gasteiger partial charge on any atom is -0.494 e. The molecular formula is C28H28N4O5S. The van der Waals surface area contributed by atoms with E-state index in [0.29, 0.717) is 37.3 Å². The number of fused-ring (bicyclic) bond motifs is 1. The Kier molecular flexibility index (Phi) is 6.85. The Balaban J connectivity index is 1.48. The van der Waals surface area contributed by atoms with Crippen molar-refractivity contribution in [3.63, 3.8) is 0 Å². The number of ether oxygens (including phenoxy) is 2. The van der Waals surface area contributed by atoms with Crippen LogP contribution < -0.4 is 9.46 Å². The molecule has 1 aromatic carbocycles. The van der Waals surface area contributed by atoms with Crippen molar-refractivity contribution in [1.29, 1.82) is 0 Å². The summed E-state index contributed by atoms with van der Waals surface area (Å²) in [5.74, 6) is -0.812. The summed E-state index contributed by atoms with van der Waals surface area (Å²) in [4.78, 5) is 26.5. The lowest BCUT2D eigenvalue weighted by atomic mass is 9.79. The van der Waals surface area contributed by atoms with Gasteiger partial charge in [0.25, 0.3) is 15.9 Å². The Morgan fingerprint density at radius 3 is 2.53 bits per heavy atom. The lowest BCUT2D eigenvalue weighted by molar-refractivity contribution is 0.0548. The molecule has 4 aromatic rings. The number of carbonyl (C=O) groups is 1. The van der Waals surface area contributed by atoms with Gasteiger partial charge in [0.1, 0.15) is 5.69 Å². The highest BCUT2D eigenvalue weighted by molar-refractivity contribution is 7.90. The molecule has 9 nitrogen and oxygen atoms in total. The second kappa shape index (κ2) is 10.1. The van der Waals surface area contributed by atoms with E-state index in [1.165, 1.54) is 13.2 Å². The number of aromatic nitrogens is 3. The first kappa shape index (κ1) is 25.7. The summed E-state index contributed by atoms with van der Waals surface area (Å²) in [5.41, 5.74) is 3.30. The molecule has 38 heavy (non-hydrogen) atoms. The van der Waals surface area contributed by atoms with Crippen molar-refractivity contribution in [2.45, 2.75) is 37.1 Å². The van der Waals surface area contributed by atoms with Crippen LogP contribution in [0.15, 0.2) is 65.8 Å². The molecule has 0 atom stereocenters. The van der Waals surface area contributed by atoms with Gasteiger partial charge in [-0.25, -0.2) is 14.7 Å². The molecule has 0 radical (unpaired) electrons. The molecule has 0 unspecified atom stereocenters. The summed E-state index contributed by atoms with van der Waals surface area (Å²) < 4.78 is 39.6. The van der Waals surface area contributed by atoms with E-state index in [-0.39, 0.29) is 21.9 Å². The van der Waals surface area contributed by atoms with Gasteiger partial charge in [0, 0.05) is 41.5 Å². The Morgan fingerprint density at radius 2 is 1.82 bits per heavy atom. The van der Waals surface area contributed by atoms with E-state index in [9.17, 15) is 13.2 Å². The van der Waals surface area contributed by atoms with E-state index in [1.807, 2.05) is 44.2 Å². The quantitative estimate of drug-likeness (QED) is 0.392. The number of carbonyl (C=O) groups excluding carboxylic acids is 1. The van der Waals surface area contributed by atoms with Gasteiger partial charge >= 0.3 is 0 Å². The molecule has 1 N–H and O–H groups in total. The van der Waals surface area contributed by atoms with Gasteiger partial charge in [-0.05, 0) is 61.7 Å². The van der Waals surface area contributed by atoms with Crippen LogP contribution in [0.4, 0.5) is 0 Å². The molecule has 5 rings (SSSR count). The predicted molar refractivity (Wildman–Crippen MR) is 143 cm³/mol. The van der Waals surface area contributed by atoms with Crippen molar-refractivity contribution in [3.05, 3.63) is 77.7 Å². The third-order valence-electron chi connectivity index (χ3n) is 6.97. The highest BCUT2D eigenvalue weighted by atomic mass is 32.2. The van der Waals surface area contributed by atoms with E-state index in [2.05, 4.69) is 19.7 Å². The van der Waals surface area contributed by atoms with Gasteiger partial charge < -0.3 is 9.47 Å². The summed E-state index contributed by atoms with van der Waals surface area (Å²) in [5, 5.41) is 0.469. The average molecular weight is 533 g/mol. The van der Waals surface area contributed by atoms with Gasteiger partial charge in [-0.1, -0.05) is 25.1 Å². The second-order valence-electron chi connectivity index (χ2n) is 9.55. The predicted octanol–water partition coefficient (Wildman–Crippen LogP) is 4.20.